The van der Waals surface area contributed by atoms with E-state index in [0.29, 0.717) is 6.04 Å². The number of aromatic nitrogens is 1. The fraction of sp³-hybridized carbons (Fsp3) is 0.800. The van der Waals surface area contributed by atoms with Crippen molar-refractivity contribution in [3.63, 3.8) is 0 Å². The Morgan fingerprint density at radius 2 is 1.89 bits per heavy atom. The molecule has 18 heavy (non-hydrogen) atoms. The quantitative estimate of drug-likeness (QED) is 0.863. The summed E-state index contributed by atoms with van der Waals surface area (Å²) in [6.07, 6.45) is 8.28. The molecule has 3 heteroatoms. The van der Waals surface area contributed by atoms with Crippen LogP contribution >= 0.6 is 11.3 Å². The largest absolute Gasteiger partial charge is 0.310 e. The second-order valence-corrected chi connectivity index (χ2v) is 7.27. The van der Waals surface area contributed by atoms with E-state index in [9.17, 15) is 0 Å². The average molecular weight is 264 g/mol. The Balaban J connectivity index is 1.77. The summed E-state index contributed by atoms with van der Waals surface area (Å²) in [4.78, 5) is 6.53. The topological polar surface area (TPSA) is 24.9 Å². The van der Waals surface area contributed by atoms with Crippen LogP contribution in [0.3, 0.4) is 0 Å². The van der Waals surface area contributed by atoms with Crippen molar-refractivity contribution in [2.75, 3.05) is 0 Å². The molecule has 0 aliphatic heterocycles. The molecule has 2 aliphatic rings. The summed E-state index contributed by atoms with van der Waals surface area (Å²) in [5, 5.41) is 5.00. The van der Waals surface area contributed by atoms with E-state index in [1.54, 1.807) is 0 Å². The van der Waals surface area contributed by atoms with Crippen LogP contribution in [0, 0.1) is 0 Å². The van der Waals surface area contributed by atoms with Gasteiger partial charge in [-0.2, -0.15) is 0 Å². The molecule has 1 aromatic heterocycles. The molecule has 0 spiro atoms. The van der Waals surface area contributed by atoms with Gasteiger partial charge in [0.15, 0.2) is 0 Å². The zero-order valence-electron chi connectivity index (χ0n) is 11.5. The fourth-order valence-corrected chi connectivity index (χ4v) is 4.10. The molecule has 1 heterocycles. The van der Waals surface area contributed by atoms with Gasteiger partial charge in [-0.25, -0.2) is 4.98 Å². The van der Waals surface area contributed by atoms with E-state index < -0.39 is 0 Å². The summed E-state index contributed by atoms with van der Waals surface area (Å²) in [6, 6.07) is 0.564. The van der Waals surface area contributed by atoms with Gasteiger partial charge in [0.05, 0.1) is 10.7 Å². The molecule has 0 radical (unpaired) electrons. The number of thiazole rings is 1. The van der Waals surface area contributed by atoms with Crippen LogP contribution < -0.4 is 5.32 Å². The molecule has 1 aromatic rings. The number of nitrogens with one attached hydrogen (secondary N) is 1. The SMILES string of the molecule is CC(C)NCc1sc(C2CCCC2)nc1C1CC1. The van der Waals surface area contributed by atoms with E-state index in [1.807, 2.05) is 11.3 Å². The Labute approximate surface area is 114 Å². The summed E-state index contributed by atoms with van der Waals surface area (Å²) in [6.45, 7) is 5.46. The highest BCUT2D eigenvalue weighted by atomic mass is 32.1. The van der Waals surface area contributed by atoms with Crippen LogP contribution in [0.15, 0.2) is 0 Å². The van der Waals surface area contributed by atoms with Crippen molar-refractivity contribution in [3.8, 4) is 0 Å². The summed E-state index contributed by atoms with van der Waals surface area (Å²) < 4.78 is 0. The molecule has 100 valence electrons. The molecule has 0 bridgehead atoms. The summed E-state index contributed by atoms with van der Waals surface area (Å²) in [5.74, 6) is 1.57. The van der Waals surface area contributed by atoms with Gasteiger partial charge in [0.1, 0.15) is 0 Å². The van der Waals surface area contributed by atoms with E-state index in [0.717, 1.165) is 18.4 Å². The monoisotopic (exact) mass is 264 g/mol. The Kier molecular flexibility index (Phi) is 3.71. The smallest absolute Gasteiger partial charge is 0.0962 e. The second-order valence-electron chi connectivity index (χ2n) is 6.15. The average Bonchev–Trinajstić information content (AvgIpc) is 2.91. The standard InChI is InChI=1S/C15H24N2S/c1-10(2)16-9-13-14(11-7-8-11)17-15(18-13)12-5-3-4-6-12/h10-12,16H,3-9H2,1-2H3. The van der Waals surface area contributed by atoms with E-state index in [1.165, 1.54) is 54.1 Å². The Hall–Kier alpha value is -0.410. The fourth-order valence-electron chi connectivity index (χ4n) is 2.83. The lowest BCUT2D eigenvalue weighted by molar-refractivity contribution is 0.590. The van der Waals surface area contributed by atoms with Crippen LogP contribution in [0.5, 0.6) is 0 Å². The Bertz CT molecular complexity index is 401. The van der Waals surface area contributed by atoms with Crippen LogP contribution in [0.2, 0.25) is 0 Å². The van der Waals surface area contributed by atoms with Gasteiger partial charge in [0, 0.05) is 29.3 Å². The minimum absolute atomic E-state index is 0.564. The zero-order chi connectivity index (χ0) is 12.5. The predicted octanol–water partition coefficient (Wildman–Crippen LogP) is 4.18. The molecular formula is C15H24N2S. The van der Waals surface area contributed by atoms with E-state index in [2.05, 4.69) is 19.2 Å². The van der Waals surface area contributed by atoms with Crippen LogP contribution in [0.25, 0.3) is 0 Å². The minimum atomic E-state index is 0.564. The van der Waals surface area contributed by atoms with Gasteiger partial charge < -0.3 is 5.32 Å². The maximum absolute atomic E-state index is 5.01. The molecule has 2 nitrogen and oxygen atoms in total. The van der Waals surface area contributed by atoms with Crippen molar-refractivity contribution in [2.45, 2.75) is 76.8 Å². The van der Waals surface area contributed by atoms with Gasteiger partial charge in [-0.3, -0.25) is 0 Å². The molecule has 0 unspecified atom stereocenters. The van der Waals surface area contributed by atoms with Crippen molar-refractivity contribution in [2.24, 2.45) is 0 Å². The van der Waals surface area contributed by atoms with Crippen LogP contribution in [0.4, 0.5) is 0 Å². The first-order chi connectivity index (χ1) is 8.74. The lowest BCUT2D eigenvalue weighted by Gasteiger charge is -2.07. The van der Waals surface area contributed by atoms with Crippen molar-refractivity contribution < 1.29 is 0 Å². The Morgan fingerprint density at radius 1 is 1.17 bits per heavy atom. The highest BCUT2D eigenvalue weighted by Crippen LogP contribution is 2.45. The highest BCUT2D eigenvalue weighted by molar-refractivity contribution is 7.11. The molecule has 2 fully saturated rings. The van der Waals surface area contributed by atoms with Crippen molar-refractivity contribution in [1.82, 2.24) is 10.3 Å². The molecule has 0 saturated heterocycles. The van der Waals surface area contributed by atoms with Gasteiger partial charge in [0.2, 0.25) is 0 Å². The predicted molar refractivity (Wildman–Crippen MR) is 77.3 cm³/mol. The number of hydrogen-bond acceptors (Lipinski definition) is 3. The number of rotatable bonds is 5. The Morgan fingerprint density at radius 3 is 2.50 bits per heavy atom. The summed E-state index contributed by atoms with van der Waals surface area (Å²) >= 11 is 1.99. The molecule has 3 rings (SSSR count). The van der Waals surface area contributed by atoms with Crippen molar-refractivity contribution in [3.05, 3.63) is 15.6 Å². The third-order valence-corrected chi connectivity index (χ3v) is 5.32. The molecule has 1 N–H and O–H groups in total. The molecule has 0 aromatic carbocycles. The van der Waals surface area contributed by atoms with E-state index in [-0.39, 0.29) is 0 Å². The number of nitrogens with zero attached hydrogens (tertiary/aromatic N) is 1. The zero-order valence-corrected chi connectivity index (χ0v) is 12.4. The molecule has 0 atom stereocenters. The van der Waals surface area contributed by atoms with Crippen LogP contribution in [-0.2, 0) is 6.54 Å². The molecule has 0 amide bonds. The van der Waals surface area contributed by atoms with Gasteiger partial charge in [-0.15, -0.1) is 11.3 Å². The first-order valence-corrected chi connectivity index (χ1v) is 8.28. The summed E-state index contributed by atoms with van der Waals surface area (Å²) in [5.41, 5.74) is 1.44. The molecule has 2 saturated carbocycles. The van der Waals surface area contributed by atoms with Gasteiger partial charge >= 0.3 is 0 Å². The van der Waals surface area contributed by atoms with Crippen LogP contribution in [-0.4, -0.2) is 11.0 Å². The van der Waals surface area contributed by atoms with Crippen molar-refractivity contribution >= 4 is 11.3 Å². The van der Waals surface area contributed by atoms with E-state index in [4.69, 9.17) is 4.98 Å². The van der Waals surface area contributed by atoms with Gasteiger partial charge in [0.25, 0.3) is 0 Å². The van der Waals surface area contributed by atoms with Gasteiger partial charge in [-0.1, -0.05) is 26.7 Å². The number of hydrogen-bond donors (Lipinski definition) is 1. The first kappa shape index (κ1) is 12.6. The normalized spacial score (nSPS) is 21.1. The second kappa shape index (κ2) is 5.30. The third-order valence-electron chi connectivity index (χ3n) is 4.08. The maximum Gasteiger partial charge on any atom is 0.0962 e. The van der Waals surface area contributed by atoms with Crippen LogP contribution in [0.1, 0.15) is 79.8 Å². The first-order valence-electron chi connectivity index (χ1n) is 7.47. The molecular weight excluding hydrogens is 240 g/mol. The van der Waals surface area contributed by atoms with Crippen molar-refractivity contribution in [1.29, 1.82) is 0 Å². The summed E-state index contributed by atoms with van der Waals surface area (Å²) in [7, 11) is 0. The van der Waals surface area contributed by atoms with Gasteiger partial charge in [-0.05, 0) is 25.7 Å². The minimum Gasteiger partial charge on any atom is -0.310 e. The highest BCUT2D eigenvalue weighted by Gasteiger charge is 2.31. The molecule has 2 aliphatic carbocycles. The third kappa shape index (κ3) is 2.77. The van der Waals surface area contributed by atoms with E-state index >= 15 is 0 Å². The lowest BCUT2D eigenvalue weighted by atomic mass is 10.1. The lowest BCUT2D eigenvalue weighted by Crippen LogP contribution is -2.21. The maximum atomic E-state index is 5.01.